The summed E-state index contributed by atoms with van der Waals surface area (Å²) in [6.07, 6.45) is 6.65. The molecule has 2 heteroatoms. The molecular weight excluding hydrogens is 238 g/mol. The van der Waals surface area contributed by atoms with Crippen LogP contribution in [0, 0.1) is 0 Å². The molecule has 98 valence electrons. The van der Waals surface area contributed by atoms with Crippen molar-refractivity contribution in [2.24, 2.45) is 0 Å². The average molecular weight is 261 g/mol. The van der Waals surface area contributed by atoms with Crippen molar-refractivity contribution in [3.8, 4) is 0 Å². The first-order valence-electron chi connectivity index (χ1n) is 7.03. The van der Waals surface area contributed by atoms with Crippen LogP contribution in [0.4, 0.5) is 5.69 Å². The third kappa shape index (κ3) is 3.74. The van der Waals surface area contributed by atoms with Crippen molar-refractivity contribution >= 4 is 27.1 Å². The molecule has 1 nitrogen and oxygen atoms in total. The largest absolute Gasteiger partial charge is 0.383 e. The first kappa shape index (κ1) is 13.4. The van der Waals surface area contributed by atoms with Crippen LogP contribution in [-0.2, 0) is 0 Å². The van der Waals surface area contributed by atoms with Crippen LogP contribution in [0.15, 0.2) is 29.6 Å². The highest BCUT2D eigenvalue weighted by Crippen LogP contribution is 2.24. The van der Waals surface area contributed by atoms with Crippen LogP contribution in [0.5, 0.6) is 0 Å². The van der Waals surface area contributed by atoms with Gasteiger partial charge in [-0.05, 0) is 48.4 Å². The molecule has 0 amide bonds. The van der Waals surface area contributed by atoms with E-state index in [1.54, 1.807) is 11.3 Å². The maximum atomic E-state index is 3.61. The van der Waals surface area contributed by atoms with Gasteiger partial charge in [0.25, 0.3) is 0 Å². The molecule has 0 bridgehead atoms. The van der Waals surface area contributed by atoms with Crippen LogP contribution >= 0.6 is 11.3 Å². The highest BCUT2D eigenvalue weighted by molar-refractivity contribution is 7.17. The molecule has 0 fully saturated rings. The summed E-state index contributed by atoms with van der Waals surface area (Å²) in [5.41, 5.74) is 1.25. The first-order chi connectivity index (χ1) is 8.79. The Kier molecular flexibility index (Phi) is 5.06. The van der Waals surface area contributed by atoms with Crippen LogP contribution in [-0.4, -0.2) is 6.04 Å². The van der Waals surface area contributed by atoms with E-state index < -0.39 is 0 Å². The molecule has 0 spiro atoms. The zero-order valence-electron chi connectivity index (χ0n) is 11.4. The van der Waals surface area contributed by atoms with Gasteiger partial charge >= 0.3 is 0 Å². The lowest BCUT2D eigenvalue weighted by Crippen LogP contribution is -2.14. The van der Waals surface area contributed by atoms with Crippen LogP contribution in [0.3, 0.4) is 0 Å². The molecular formula is C16H23NS. The Bertz CT molecular complexity index is 475. The summed E-state index contributed by atoms with van der Waals surface area (Å²) >= 11 is 1.81. The van der Waals surface area contributed by atoms with Crippen molar-refractivity contribution in [1.29, 1.82) is 0 Å². The topological polar surface area (TPSA) is 12.0 Å². The zero-order chi connectivity index (χ0) is 12.8. The van der Waals surface area contributed by atoms with Gasteiger partial charge in [-0.15, -0.1) is 11.3 Å². The van der Waals surface area contributed by atoms with Gasteiger partial charge in [0.05, 0.1) is 0 Å². The number of nitrogens with one attached hydrogen (secondary N) is 1. The third-order valence-corrected chi connectivity index (χ3v) is 4.25. The summed E-state index contributed by atoms with van der Waals surface area (Å²) in [6, 6.07) is 9.43. The van der Waals surface area contributed by atoms with Crippen molar-refractivity contribution in [1.82, 2.24) is 0 Å². The molecule has 1 unspecified atom stereocenters. The quantitative estimate of drug-likeness (QED) is 0.633. The summed E-state index contributed by atoms with van der Waals surface area (Å²) in [4.78, 5) is 0. The summed E-state index contributed by atoms with van der Waals surface area (Å²) in [5, 5.41) is 7.11. The lowest BCUT2D eigenvalue weighted by Gasteiger charge is -2.15. The zero-order valence-corrected chi connectivity index (χ0v) is 12.2. The molecule has 0 saturated carbocycles. The fourth-order valence-electron chi connectivity index (χ4n) is 2.29. The molecule has 0 aliphatic carbocycles. The normalized spacial score (nSPS) is 12.8. The van der Waals surface area contributed by atoms with Crippen molar-refractivity contribution < 1.29 is 0 Å². The molecule has 1 heterocycles. The van der Waals surface area contributed by atoms with E-state index in [0.717, 1.165) is 0 Å². The van der Waals surface area contributed by atoms with Crippen molar-refractivity contribution in [3.63, 3.8) is 0 Å². The second kappa shape index (κ2) is 6.79. The Morgan fingerprint density at radius 3 is 2.89 bits per heavy atom. The monoisotopic (exact) mass is 261 g/mol. The second-order valence-corrected chi connectivity index (χ2v) is 6.02. The van der Waals surface area contributed by atoms with Gasteiger partial charge in [-0.25, -0.2) is 0 Å². The summed E-state index contributed by atoms with van der Waals surface area (Å²) in [5.74, 6) is 0. The van der Waals surface area contributed by atoms with Gasteiger partial charge in [-0.1, -0.05) is 32.6 Å². The molecule has 1 aromatic heterocycles. The summed E-state index contributed by atoms with van der Waals surface area (Å²) < 4.78 is 1.37. The number of rotatable bonds is 7. The predicted molar refractivity (Wildman–Crippen MR) is 83.7 cm³/mol. The minimum absolute atomic E-state index is 0.568. The SMILES string of the molecule is CCCCCCC(C)Nc1ccc2sccc2c1. The number of benzene rings is 1. The molecule has 1 aromatic carbocycles. The van der Waals surface area contributed by atoms with E-state index >= 15 is 0 Å². The number of hydrogen-bond acceptors (Lipinski definition) is 2. The molecule has 0 saturated heterocycles. The number of unbranched alkanes of at least 4 members (excludes halogenated alkanes) is 3. The van der Waals surface area contributed by atoms with Crippen molar-refractivity contribution in [2.75, 3.05) is 5.32 Å². The molecule has 1 N–H and O–H groups in total. The van der Waals surface area contributed by atoms with Crippen LogP contribution in [0.2, 0.25) is 0 Å². The predicted octanol–water partition coefficient (Wildman–Crippen LogP) is 5.67. The fourth-order valence-corrected chi connectivity index (χ4v) is 3.06. The Morgan fingerprint density at radius 2 is 2.06 bits per heavy atom. The highest BCUT2D eigenvalue weighted by atomic mass is 32.1. The average Bonchev–Trinajstić information content (AvgIpc) is 2.82. The van der Waals surface area contributed by atoms with Crippen LogP contribution < -0.4 is 5.32 Å². The minimum atomic E-state index is 0.568. The fraction of sp³-hybridized carbons (Fsp3) is 0.500. The van der Waals surface area contributed by atoms with E-state index in [9.17, 15) is 0 Å². The van der Waals surface area contributed by atoms with E-state index in [0.29, 0.717) is 6.04 Å². The second-order valence-electron chi connectivity index (χ2n) is 5.07. The number of fused-ring (bicyclic) bond motifs is 1. The molecule has 18 heavy (non-hydrogen) atoms. The van der Waals surface area contributed by atoms with Crippen molar-refractivity contribution in [3.05, 3.63) is 29.6 Å². The molecule has 2 aromatic rings. The molecule has 2 rings (SSSR count). The smallest absolute Gasteiger partial charge is 0.0349 e. The summed E-state index contributed by atoms with van der Waals surface area (Å²) in [6.45, 7) is 4.54. The Hall–Kier alpha value is -1.02. The van der Waals surface area contributed by atoms with Gasteiger partial charge in [-0.2, -0.15) is 0 Å². The number of thiophene rings is 1. The minimum Gasteiger partial charge on any atom is -0.383 e. The molecule has 1 atom stereocenters. The van der Waals surface area contributed by atoms with E-state index in [4.69, 9.17) is 0 Å². The number of hydrogen-bond donors (Lipinski definition) is 1. The summed E-state index contributed by atoms with van der Waals surface area (Å²) in [7, 11) is 0. The van der Waals surface area contributed by atoms with E-state index in [1.807, 2.05) is 0 Å². The molecule has 0 radical (unpaired) electrons. The lowest BCUT2D eigenvalue weighted by molar-refractivity contribution is 0.594. The number of anilines is 1. The van der Waals surface area contributed by atoms with E-state index in [2.05, 4.69) is 48.8 Å². The van der Waals surface area contributed by atoms with Crippen LogP contribution in [0.1, 0.15) is 46.0 Å². The maximum absolute atomic E-state index is 3.61. The maximum Gasteiger partial charge on any atom is 0.0349 e. The highest BCUT2D eigenvalue weighted by Gasteiger charge is 2.03. The van der Waals surface area contributed by atoms with E-state index in [-0.39, 0.29) is 0 Å². The Morgan fingerprint density at radius 1 is 1.17 bits per heavy atom. The van der Waals surface area contributed by atoms with Crippen LogP contribution in [0.25, 0.3) is 10.1 Å². The third-order valence-electron chi connectivity index (χ3n) is 3.36. The standard InChI is InChI=1S/C16H23NS/c1-3-4-5-6-7-13(2)17-15-8-9-16-14(12-15)10-11-18-16/h8-13,17H,3-7H2,1-2H3. The van der Waals surface area contributed by atoms with Gasteiger partial charge < -0.3 is 5.32 Å². The van der Waals surface area contributed by atoms with Gasteiger partial charge in [0, 0.05) is 16.4 Å². The molecule has 0 aliphatic heterocycles. The Balaban J connectivity index is 1.84. The van der Waals surface area contributed by atoms with Crippen molar-refractivity contribution in [2.45, 2.75) is 52.0 Å². The van der Waals surface area contributed by atoms with Gasteiger partial charge in [0.2, 0.25) is 0 Å². The first-order valence-corrected chi connectivity index (χ1v) is 7.91. The Labute approximate surface area is 114 Å². The van der Waals surface area contributed by atoms with Gasteiger partial charge in [0.15, 0.2) is 0 Å². The lowest BCUT2D eigenvalue weighted by atomic mass is 10.1. The van der Waals surface area contributed by atoms with E-state index in [1.165, 1.54) is 47.9 Å². The van der Waals surface area contributed by atoms with Gasteiger partial charge in [0.1, 0.15) is 0 Å². The molecule has 0 aliphatic rings. The van der Waals surface area contributed by atoms with Gasteiger partial charge in [-0.3, -0.25) is 0 Å².